The fraction of sp³-hybridized carbons (Fsp3) is 0.462. The number of carboxylic acid groups (broad SMARTS) is 2. The molecule has 1 aromatic heterocycles. The Kier molecular flexibility index (Phi) is 25.1. The van der Waals surface area contributed by atoms with Gasteiger partial charge in [-0.25, -0.2) is 0 Å². The first-order valence-electron chi connectivity index (χ1n) is 26.2. The van der Waals surface area contributed by atoms with Crippen LogP contribution >= 0.6 is 21.6 Å². The third kappa shape index (κ3) is 21.2. The standard InChI is InChI=1S/C52H69N15O13S2/c1-28(2)38-25-67(66-65-38)17-7-3-4-15-41(68)61-40-27-82-81-26-39(46(53)75)64-49(78)35(20-32-13-8-12-31-18-29-10-5-6-11-30(29)19-33(31)32)62-51(80)37(22-45(73)74)63-50(79)36(21-44(71)72)60-43(70)24-57-47(76)34(14-9-16-56-52(54)55)59-42(69)23-58-48(40)77/h5-6,8,10-13,18-19,25,28,34-37,39-40H,3-4,7,9,14-17,20-24,26-27H2,1-2H3,(H2,53,75)(H,57,76)(H,58,77)(H,59,69)(H,60,70)(H,61,68)(H,62,80)(H,63,79)(H,64,78)(H,71,72)(H,73,74)(H4,54,55,56)/t34-,35+,36-,37+,39+,40+/m0/s1. The van der Waals surface area contributed by atoms with Crippen LogP contribution in [0.2, 0.25) is 0 Å². The van der Waals surface area contributed by atoms with Crippen molar-refractivity contribution < 1.29 is 63.0 Å². The number of aliphatic imine (C=N–C) groups is 1. The van der Waals surface area contributed by atoms with Crippen LogP contribution in [0, 0.1) is 0 Å². The number of carbonyl (C=O) groups is 11. The minimum absolute atomic E-state index is 0.0130. The summed E-state index contributed by atoms with van der Waals surface area (Å²) in [6.07, 6.45) is 1.18. The van der Waals surface area contributed by atoms with E-state index in [2.05, 4.69) is 57.8 Å². The number of hydrogen-bond acceptors (Lipinski definition) is 16. The average molecular weight is 1180 g/mol. The molecule has 0 unspecified atom stereocenters. The molecule has 0 spiro atoms. The Hall–Kier alpha value is -8.54. The molecular formula is C52H69N15O13S2. The summed E-state index contributed by atoms with van der Waals surface area (Å²) in [4.78, 5) is 151. The van der Waals surface area contributed by atoms with E-state index >= 15 is 0 Å². The smallest absolute Gasteiger partial charge is 0.305 e. The van der Waals surface area contributed by atoms with Gasteiger partial charge < -0.3 is 69.9 Å². The molecule has 1 saturated heterocycles. The van der Waals surface area contributed by atoms with E-state index in [-0.39, 0.29) is 55.6 Å². The van der Waals surface area contributed by atoms with Crippen LogP contribution in [0.1, 0.15) is 82.4 Å². The Balaban J connectivity index is 1.44. The first-order chi connectivity index (χ1) is 39.1. The first kappa shape index (κ1) is 64.3. The molecule has 1 fully saturated rings. The number of aryl methyl sites for hydroxylation is 1. The Labute approximate surface area is 478 Å². The number of primary amides is 1. The number of rotatable bonds is 19. The van der Waals surface area contributed by atoms with E-state index in [1.807, 2.05) is 62.5 Å². The number of unbranched alkanes of at least 4 members (excludes halogenated alkanes) is 2. The number of nitrogens with two attached hydrogens (primary N) is 3. The van der Waals surface area contributed by atoms with E-state index in [1.165, 1.54) is 0 Å². The Morgan fingerprint density at radius 2 is 1.29 bits per heavy atom. The van der Waals surface area contributed by atoms with E-state index in [0.717, 1.165) is 43.4 Å². The van der Waals surface area contributed by atoms with Crippen LogP contribution < -0.4 is 59.7 Å². The fourth-order valence-corrected chi connectivity index (χ4v) is 10.7. The largest absolute Gasteiger partial charge is 0.481 e. The van der Waals surface area contributed by atoms with Crippen molar-refractivity contribution in [3.63, 3.8) is 0 Å². The normalized spacial score (nSPS) is 20.5. The molecule has 0 saturated carbocycles. The summed E-state index contributed by atoms with van der Waals surface area (Å²) >= 11 is 0. The maximum atomic E-state index is 14.4. The first-order valence-corrected chi connectivity index (χ1v) is 28.7. The average Bonchev–Trinajstić information content (AvgIpc) is 3.98. The lowest BCUT2D eigenvalue weighted by Gasteiger charge is -2.26. The van der Waals surface area contributed by atoms with Gasteiger partial charge in [0.15, 0.2) is 5.96 Å². The molecule has 1 aliphatic rings. The van der Waals surface area contributed by atoms with Gasteiger partial charge in [0.2, 0.25) is 53.2 Å². The van der Waals surface area contributed by atoms with Gasteiger partial charge >= 0.3 is 11.9 Å². The van der Waals surface area contributed by atoms with Gasteiger partial charge in [-0.1, -0.05) is 89.5 Å². The van der Waals surface area contributed by atoms with Gasteiger partial charge in [-0.2, -0.15) is 0 Å². The minimum Gasteiger partial charge on any atom is -0.481 e. The van der Waals surface area contributed by atoms with Crippen LogP contribution in [0.5, 0.6) is 0 Å². The summed E-state index contributed by atoms with van der Waals surface area (Å²) in [5.41, 5.74) is 18.0. The SMILES string of the molecule is CC(C)c1cn(CCCCCC(=O)N[C@@H]2CSSC[C@H](C(N)=O)NC(=O)[C@@H](Cc3cccc4cc5ccccc5cc34)NC(=O)[C@@H](CC(=O)O)NC(=O)[C@H](CC(=O)O)NC(=O)CNC(=O)[C@H](CCCN=C(N)N)NC(=O)CNC2=O)nn1. The van der Waals surface area contributed by atoms with Crippen LogP contribution in [0.15, 0.2) is 65.8 Å². The monoisotopic (exact) mass is 1180 g/mol. The van der Waals surface area contributed by atoms with Crippen molar-refractivity contribution in [3.8, 4) is 0 Å². The summed E-state index contributed by atoms with van der Waals surface area (Å²) in [7, 11) is 1.99. The molecule has 442 valence electrons. The van der Waals surface area contributed by atoms with E-state index in [9.17, 15) is 63.0 Å². The van der Waals surface area contributed by atoms with Crippen molar-refractivity contribution in [3.05, 3.63) is 72.1 Å². The zero-order valence-corrected chi connectivity index (χ0v) is 46.8. The Bertz CT molecular complexity index is 3010. The van der Waals surface area contributed by atoms with Gasteiger partial charge in [-0.05, 0) is 70.8 Å². The summed E-state index contributed by atoms with van der Waals surface area (Å²) in [5.74, 6) is -12.5. The number of aliphatic carboxylic acids is 2. The van der Waals surface area contributed by atoms with Crippen molar-refractivity contribution in [2.24, 2.45) is 22.2 Å². The van der Waals surface area contributed by atoms with Gasteiger partial charge in [0.25, 0.3) is 0 Å². The third-order valence-electron chi connectivity index (χ3n) is 12.7. The summed E-state index contributed by atoms with van der Waals surface area (Å²) in [6.45, 7) is 2.98. The lowest BCUT2D eigenvalue weighted by molar-refractivity contribution is -0.143. The lowest BCUT2D eigenvalue weighted by Crippen LogP contribution is -2.59. The molecule has 0 aliphatic carbocycles. The topological polar surface area (TPSA) is 446 Å². The number of aromatic nitrogens is 3. The van der Waals surface area contributed by atoms with Gasteiger partial charge in [0, 0.05) is 43.6 Å². The van der Waals surface area contributed by atoms with Crippen LogP contribution in [-0.2, 0) is 65.7 Å². The van der Waals surface area contributed by atoms with E-state index in [1.54, 1.807) is 16.8 Å². The molecule has 16 N–H and O–H groups in total. The minimum atomic E-state index is -2.00. The summed E-state index contributed by atoms with van der Waals surface area (Å²) < 4.78 is 1.72. The summed E-state index contributed by atoms with van der Waals surface area (Å²) in [5, 5.41) is 50.4. The number of hydrogen-bond donors (Lipinski definition) is 13. The second-order valence-electron chi connectivity index (χ2n) is 19.5. The van der Waals surface area contributed by atoms with Gasteiger partial charge in [0.1, 0.15) is 36.3 Å². The highest BCUT2D eigenvalue weighted by Crippen LogP contribution is 2.27. The molecule has 2 heterocycles. The van der Waals surface area contributed by atoms with Crippen LogP contribution in [-0.4, -0.2) is 164 Å². The van der Waals surface area contributed by atoms with Gasteiger partial charge in [-0.3, -0.25) is 62.4 Å². The van der Waals surface area contributed by atoms with Crippen molar-refractivity contribution in [2.75, 3.05) is 31.1 Å². The van der Waals surface area contributed by atoms with E-state index in [4.69, 9.17) is 17.2 Å². The van der Waals surface area contributed by atoms with E-state index in [0.29, 0.717) is 36.8 Å². The third-order valence-corrected chi connectivity index (χ3v) is 15.1. The molecule has 0 radical (unpaired) electrons. The van der Waals surface area contributed by atoms with Crippen LogP contribution in [0.4, 0.5) is 0 Å². The summed E-state index contributed by atoms with van der Waals surface area (Å²) in [6, 6.07) is 6.86. The van der Waals surface area contributed by atoms with Gasteiger partial charge in [0.05, 0.1) is 31.6 Å². The number of carboxylic acids is 2. The maximum absolute atomic E-state index is 14.4. The van der Waals surface area contributed by atoms with Crippen molar-refractivity contribution in [1.82, 2.24) is 57.5 Å². The van der Waals surface area contributed by atoms with Crippen LogP contribution in [0.3, 0.4) is 0 Å². The Morgan fingerprint density at radius 3 is 1.93 bits per heavy atom. The number of carbonyl (C=O) groups excluding carboxylic acids is 9. The molecule has 3 aromatic carbocycles. The molecule has 82 heavy (non-hydrogen) atoms. The number of amides is 9. The Morgan fingerprint density at radius 1 is 0.695 bits per heavy atom. The molecule has 30 heteroatoms. The van der Waals surface area contributed by atoms with Crippen molar-refractivity contribution in [1.29, 1.82) is 0 Å². The van der Waals surface area contributed by atoms with Gasteiger partial charge in [-0.15, -0.1) is 5.10 Å². The molecule has 4 aromatic rings. The zero-order valence-electron chi connectivity index (χ0n) is 45.1. The second-order valence-corrected chi connectivity index (χ2v) is 22.1. The van der Waals surface area contributed by atoms with Crippen molar-refractivity contribution >= 4 is 114 Å². The molecule has 0 bridgehead atoms. The molecular weight excluding hydrogens is 1110 g/mol. The zero-order chi connectivity index (χ0) is 59.9. The van der Waals surface area contributed by atoms with Crippen LogP contribution in [0.25, 0.3) is 21.5 Å². The predicted molar refractivity (Wildman–Crippen MR) is 304 cm³/mol. The second kappa shape index (κ2) is 32.0. The fourth-order valence-electron chi connectivity index (χ4n) is 8.37. The number of guanidine groups is 1. The highest BCUT2D eigenvalue weighted by Gasteiger charge is 2.34. The number of benzene rings is 3. The highest BCUT2D eigenvalue weighted by molar-refractivity contribution is 8.76. The quantitative estimate of drug-likeness (QED) is 0.0168. The highest BCUT2D eigenvalue weighted by atomic mass is 33.1. The number of nitrogens with zero attached hydrogens (tertiary/aromatic N) is 4. The number of nitrogens with one attached hydrogen (secondary N) is 8. The molecule has 6 atom stereocenters. The number of fused-ring (bicyclic) bond motifs is 2. The molecule has 1 aliphatic heterocycles. The van der Waals surface area contributed by atoms with Crippen molar-refractivity contribution in [2.45, 2.75) is 120 Å². The molecule has 5 rings (SSSR count). The predicted octanol–water partition coefficient (Wildman–Crippen LogP) is -1.46. The molecule has 9 amide bonds. The molecule has 28 nitrogen and oxygen atoms in total. The van der Waals surface area contributed by atoms with E-state index < -0.39 is 127 Å². The maximum Gasteiger partial charge on any atom is 0.305 e. The lowest BCUT2D eigenvalue weighted by atomic mass is 9.95.